The van der Waals surface area contributed by atoms with E-state index in [4.69, 9.17) is 4.74 Å². The molecule has 6 nitrogen and oxygen atoms in total. The van der Waals surface area contributed by atoms with Gasteiger partial charge >= 0.3 is 0 Å². The zero-order valence-corrected chi connectivity index (χ0v) is 14.9. The van der Waals surface area contributed by atoms with E-state index in [9.17, 15) is 13.6 Å². The van der Waals surface area contributed by atoms with Gasteiger partial charge in [-0.1, -0.05) is 0 Å². The van der Waals surface area contributed by atoms with E-state index in [0.717, 1.165) is 11.3 Å². The first kappa shape index (κ1) is 18.9. The highest BCUT2D eigenvalue weighted by Crippen LogP contribution is 2.35. The maximum absolute atomic E-state index is 13.1. The second-order valence-electron chi connectivity index (χ2n) is 6.43. The van der Waals surface area contributed by atoms with Crippen molar-refractivity contribution in [3.63, 3.8) is 0 Å². The number of benzene rings is 1. The highest BCUT2D eigenvalue weighted by atomic mass is 19.3. The van der Waals surface area contributed by atoms with E-state index in [1.165, 1.54) is 12.4 Å². The number of hydrogen-bond acceptors (Lipinski definition) is 5. The molecule has 1 N–H and O–H groups in total. The number of nitrogens with one attached hydrogen (secondary N) is 1. The van der Waals surface area contributed by atoms with Crippen molar-refractivity contribution >= 4 is 12.1 Å². The lowest BCUT2D eigenvalue weighted by Crippen LogP contribution is -2.26. The van der Waals surface area contributed by atoms with E-state index < -0.39 is 11.8 Å². The zero-order chi connectivity index (χ0) is 19.3. The summed E-state index contributed by atoms with van der Waals surface area (Å²) in [5.74, 6) is -2.42. The molecule has 1 amide bonds. The van der Waals surface area contributed by atoms with Gasteiger partial charge in [-0.25, -0.2) is 19.2 Å². The molecule has 1 heterocycles. The van der Waals surface area contributed by atoms with E-state index in [-0.39, 0.29) is 24.5 Å². The van der Waals surface area contributed by atoms with Gasteiger partial charge in [0.2, 0.25) is 5.92 Å². The van der Waals surface area contributed by atoms with Crippen LogP contribution in [-0.2, 0) is 0 Å². The van der Waals surface area contributed by atoms with Crippen LogP contribution in [0.25, 0.3) is 11.3 Å². The topological polar surface area (TPSA) is 76.5 Å². The second-order valence-corrected chi connectivity index (χ2v) is 6.43. The number of rotatable bonds is 5. The summed E-state index contributed by atoms with van der Waals surface area (Å²) in [6.45, 7) is 0. The number of halogens is 2. The molecule has 0 atom stereocenters. The fraction of sp³-hybridized carbons (Fsp3) is 0.368. The Kier molecular flexibility index (Phi) is 5.73. The van der Waals surface area contributed by atoms with Crippen molar-refractivity contribution in [3.8, 4) is 17.0 Å². The van der Waals surface area contributed by atoms with Gasteiger partial charge in [0.1, 0.15) is 11.4 Å². The van der Waals surface area contributed by atoms with E-state index in [0.29, 0.717) is 18.5 Å². The summed E-state index contributed by atoms with van der Waals surface area (Å²) >= 11 is 0. The Balaban J connectivity index is 1.61. The summed E-state index contributed by atoms with van der Waals surface area (Å²) < 4.78 is 31.4. The molecule has 1 aliphatic rings. The largest absolute Gasteiger partial charge is 0.497 e. The Morgan fingerprint density at radius 3 is 2.63 bits per heavy atom. The fourth-order valence-electron chi connectivity index (χ4n) is 2.85. The van der Waals surface area contributed by atoms with Gasteiger partial charge in [0.25, 0.3) is 5.91 Å². The molecule has 0 bridgehead atoms. The van der Waals surface area contributed by atoms with Crippen LogP contribution in [-0.4, -0.2) is 35.1 Å². The Labute approximate surface area is 155 Å². The number of ether oxygens (including phenoxy) is 1. The van der Waals surface area contributed by atoms with Gasteiger partial charge in [0.05, 0.1) is 25.2 Å². The third-order valence-electron chi connectivity index (χ3n) is 4.47. The third kappa shape index (κ3) is 5.06. The smallest absolute Gasteiger partial charge is 0.291 e. The molecule has 3 rings (SSSR count). The Bertz CT molecular complexity index is 815. The summed E-state index contributed by atoms with van der Waals surface area (Å²) in [4.78, 5) is 20.5. The molecule has 0 aliphatic heterocycles. The van der Waals surface area contributed by atoms with Crippen LogP contribution in [0.3, 0.4) is 0 Å². The lowest BCUT2D eigenvalue weighted by atomic mass is 9.88. The molecule has 1 aromatic heterocycles. The number of alkyl halides is 2. The van der Waals surface area contributed by atoms with Crippen molar-refractivity contribution in [1.29, 1.82) is 0 Å². The normalized spacial score (nSPS) is 17.0. The molecule has 1 fully saturated rings. The number of carbonyl (C=O) groups excluding carboxylic acids is 1. The lowest BCUT2D eigenvalue weighted by molar-refractivity contribution is -0.0390. The average molecular weight is 374 g/mol. The third-order valence-corrected chi connectivity index (χ3v) is 4.47. The van der Waals surface area contributed by atoms with E-state index in [1.54, 1.807) is 25.4 Å². The van der Waals surface area contributed by atoms with Crippen molar-refractivity contribution in [2.75, 3.05) is 7.11 Å². The molecule has 0 radical (unpaired) electrons. The summed E-state index contributed by atoms with van der Waals surface area (Å²) in [5, 5.41) is 3.89. The molecule has 1 aliphatic carbocycles. The maximum atomic E-state index is 13.1. The Hall–Kier alpha value is -2.90. The maximum Gasteiger partial charge on any atom is 0.291 e. The molecular weight excluding hydrogens is 354 g/mol. The van der Waals surface area contributed by atoms with Crippen LogP contribution in [0.1, 0.15) is 36.2 Å². The van der Waals surface area contributed by atoms with Gasteiger partial charge in [0.15, 0.2) is 0 Å². The standard InChI is InChI=1S/C19H20F2N4O2/c1-27-15-4-2-14(3-5-15)16-11-22-12-17(24-16)18(26)25-23-10-13-6-8-19(20,21)9-7-13/h2-5,10-13H,6-9H2,1H3,(H,25,26). The van der Waals surface area contributed by atoms with Crippen molar-refractivity contribution < 1.29 is 18.3 Å². The SMILES string of the molecule is COc1ccc(-c2cncc(C(=O)NN=CC3CCC(F)(F)CC3)n2)cc1. The molecule has 27 heavy (non-hydrogen) atoms. The summed E-state index contributed by atoms with van der Waals surface area (Å²) in [6.07, 6.45) is 4.86. The number of methoxy groups -OCH3 is 1. The first-order valence-electron chi connectivity index (χ1n) is 8.65. The number of carbonyl (C=O) groups is 1. The van der Waals surface area contributed by atoms with Crippen LogP contribution in [0.5, 0.6) is 5.75 Å². The van der Waals surface area contributed by atoms with Gasteiger partial charge in [-0.3, -0.25) is 9.78 Å². The van der Waals surface area contributed by atoms with Crippen molar-refractivity contribution in [3.05, 3.63) is 42.4 Å². The van der Waals surface area contributed by atoms with Crippen molar-refractivity contribution in [2.45, 2.75) is 31.6 Å². The van der Waals surface area contributed by atoms with E-state index in [2.05, 4.69) is 20.5 Å². The molecular formula is C19H20F2N4O2. The zero-order valence-electron chi connectivity index (χ0n) is 14.9. The first-order chi connectivity index (χ1) is 13.0. The van der Waals surface area contributed by atoms with Gasteiger partial charge in [-0.15, -0.1) is 0 Å². The number of hydrazone groups is 1. The molecule has 142 valence electrons. The molecule has 1 aromatic carbocycles. The average Bonchev–Trinajstić information content (AvgIpc) is 2.69. The predicted octanol–water partition coefficient (Wildman–Crippen LogP) is 3.69. The minimum atomic E-state index is -2.58. The van der Waals surface area contributed by atoms with Gasteiger partial charge in [0, 0.05) is 24.6 Å². The minimum absolute atomic E-state index is 0.0540. The number of amides is 1. The van der Waals surface area contributed by atoms with Crippen LogP contribution < -0.4 is 10.2 Å². The molecule has 0 unspecified atom stereocenters. The number of nitrogens with zero attached hydrogens (tertiary/aromatic N) is 3. The van der Waals surface area contributed by atoms with E-state index in [1.807, 2.05) is 12.1 Å². The number of hydrogen-bond donors (Lipinski definition) is 1. The quantitative estimate of drug-likeness (QED) is 0.640. The second kappa shape index (κ2) is 8.20. The summed E-state index contributed by atoms with van der Waals surface area (Å²) in [5.41, 5.74) is 3.85. The predicted molar refractivity (Wildman–Crippen MR) is 96.9 cm³/mol. The molecule has 0 spiro atoms. The van der Waals surface area contributed by atoms with Crippen LogP contribution in [0.2, 0.25) is 0 Å². The highest BCUT2D eigenvalue weighted by Gasteiger charge is 2.34. The van der Waals surface area contributed by atoms with Crippen molar-refractivity contribution in [2.24, 2.45) is 11.0 Å². The Morgan fingerprint density at radius 2 is 1.96 bits per heavy atom. The molecule has 8 heteroatoms. The van der Waals surface area contributed by atoms with Crippen LogP contribution >= 0.6 is 0 Å². The Morgan fingerprint density at radius 1 is 1.26 bits per heavy atom. The lowest BCUT2D eigenvalue weighted by Gasteiger charge is -2.25. The number of aromatic nitrogens is 2. The molecule has 1 saturated carbocycles. The summed E-state index contributed by atoms with van der Waals surface area (Å²) in [6, 6.07) is 7.23. The highest BCUT2D eigenvalue weighted by molar-refractivity contribution is 5.92. The van der Waals surface area contributed by atoms with Crippen molar-refractivity contribution in [1.82, 2.24) is 15.4 Å². The van der Waals surface area contributed by atoms with Gasteiger partial charge in [-0.2, -0.15) is 5.10 Å². The molecule has 2 aromatic rings. The van der Waals surface area contributed by atoms with Gasteiger partial charge in [-0.05, 0) is 43.0 Å². The minimum Gasteiger partial charge on any atom is -0.497 e. The van der Waals surface area contributed by atoms with E-state index >= 15 is 0 Å². The monoisotopic (exact) mass is 374 g/mol. The molecule has 0 saturated heterocycles. The fourth-order valence-corrected chi connectivity index (χ4v) is 2.85. The summed E-state index contributed by atoms with van der Waals surface area (Å²) in [7, 11) is 1.58. The van der Waals surface area contributed by atoms with Gasteiger partial charge < -0.3 is 4.74 Å². The van der Waals surface area contributed by atoms with Crippen LogP contribution in [0.15, 0.2) is 41.8 Å². The van der Waals surface area contributed by atoms with Crippen LogP contribution in [0.4, 0.5) is 8.78 Å². The van der Waals surface area contributed by atoms with Crippen LogP contribution in [0, 0.1) is 5.92 Å². The first-order valence-corrected chi connectivity index (χ1v) is 8.65.